The van der Waals surface area contributed by atoms with Gasteiger partial charge < -0.3 is 10.4 Å². The molecule has 0 spiro atoms. The van der Waals surface area contributed by atoms with Gasteiger partial charge in [-0.2, -0.15) is 5.10 Å². The van der Waals surface area contributed by atoms with E-state index < -0.39 is 11.9 Å². The highest BCUT2D eigenvalue weighted by Gasteiger charge is 2.30. The summed E-state index contributed by atoms with van der Waals surface area (Å²) in [7, 11) is 0. The van der Waals surface area contributed by atoms with Crippen LogP contribution in [-0.2, 0) is 4.79 Å². The number of aryl methyl sites for hydroxylation is 1. The SMILES string of the molecule is Cc1nn(C(C)C)cc1C(=O)NCC(C(=O)O)C1CCCCC1. The molecule has 128 valence electrons. The standard InChI is InChI=1S/C17H27N3O3/c1-11(2)20-10-15(12(3)19-20)16(21)18-9-14(17(22)23)13-7-5-4-6-8-13/h10-11,13-14H,4-9H2,1-3H3,(H,18,21)(H,22,23). The molecule has 0 radical (unpaired) electrons. The number of carboxylic acids is 1. The smallest absolute Gasteiger partial charge is 0.308 e. The number of aromatic nitrogens is 2. The van der Waals surface area contributed by atoms with E-state index in [1.165, 1.54) is 6.42 Å². The molecule has 1 heterocycles. The molecule has 1 aromatic rings. The van der Waals surface area contributed by atoms with Crippen molar-refractivity contribution in [2.24, 2.45) is 11.8 Å². The fourth-order valence-corrected chi connectivity index (χ4v) is 3.26. The van der Waals surface area contributed by atoms with Crippen LogP contribution in [0.5, 0.6) is 0 Å². The average Bonchev–Trinajstić information content (AvgIpc) is 2.90. The number of hydrogen-bond donors (Lipinski definition) is 2. The molecule has 2 N–H and O–H groups in total. The summed E-state index contributed by atoms with van der Waals surface area (Å²) < 4.78 is 1.75. The van der Waals surface area contributed by atoms with Crippen LogP contribution in [0.25, 0.3) is 0 Å². The molecule has 6 nitrogen and oxygen atoms in total. The van der Waals surface area contributed by atoms with Crippen LogP contribution in [0.4, 0.5) is 0 Å². The van der Waals surface area contributed by atoms with Crippen molar-refractivity contribution in [3.63, 3.8) is 0 Å². The molecule has 1 atom stereocenters. The number of nitrogens with zero attached hydrogens (tertiary/aromatic N) is 2. The molecule has 1 fully saturated rings. The van der Waals surface area contributed by atoms with Crippen LogP contribution >= 0.6 is 0 Å². The van der Waals surface area contributed by atoms with E-state index in [1.807, 2.05) is 13.8 Å². The summed E-state index contributed by atoms with van der Waals surface area (Å²) in [5.74, 6) is -1.39. The normalized spacial score (nSPS) is 17.2. The molecule has 0 saturated heterocycles. The van der Waals surface area contributed by atoms with E-state index in [0.717, 1.165) is 25.7 Å². The minimum Gasteiger partial charge on any atom is -0.481 e. The molecule has 0 bridgehead atoms. The quantitative estimate of drug-likeness (QED) is 0.844. The first-order chi connectivity index (χ1) is 10.9. The fourth-order valence-electron chi connectivity index (χ4n) is 3.26. The Morgan fingerprint density at radius 3 is 2.52 bits per heavy atom. The lowest BCUT2D eigenvalue weighted by atomic mass is 9.80. The van der Waals surface area contributed by atoms with Gasteiger partial charge in [-0.05, 0) is 39.5 Å². The number of nitrogens with one attached hydrogen (secondary N) is 1. The van der Waals surface area contributed by atoms with E-state index in [9.17, 15) is 14.7 Å². The second-order valence-electron chi connectivity index (χ2n) is 6.75. The highest BCUT2D eigenvalue weighted by Crippen LogP contribution is 2.30. The van der Waals surface area contributed by atoms with Crippen molar-refractivity contribution in [3.05, 3.63) is 17.5 Å². The topological polar surface area (TPSA) is 84.2 Å². The summed E-state index contributed by atoms with van der Waals surface area (Å²) >= 11 is 0. The van der Waals surface area contributed by atoms with E-state index >= 15 is 0 Å². The summed E-state index contributed by atoms with van der Waals surface area (Å²) in [5, 5.41) is 16.6. The van der Waals surface area contributed by atoms with E-state index in [1.54, 1.807) is 17.8 Å². The molecule has 1 amide bonds. The third kappa shape index (κ3) is 4.33. The van der Waals surface area contributed by atoms with E-state index in [2.05, 4.69) is 10.4 Å². The predicted molar refractivity (Wildman–Crippen MR) is 87.4 cm³/mol. The zero-order chi connectivity index (χ0) is 17.0. The van der Waals surface area contributed by atoms with Crippen LogP contribution in [0.2, 0.25) is 0 Å². The Labute approximate surface area is 137 Å². The van der Waals surface area contributed by atoms with Gasteiger partial charge in [-0.25, -0.2) is 0 Å². The monoisotopic (exact) mass is 321 g/mol. The minimum absolute atomic E-state index is 0.168. The number of amides is 1. The number of aliphatic carboxylic acids is 1. The van der Waals surface area contributed by atoms with Gasteiger partial charge in [-0.15, -0.1) is 0 Å². The lowest BCUT2D eigenvalue weighted by molar-refractivity contribution is -0.143. The van der Waals surface area contributed by atoms with Crippen molar-refractivity contribution in [2.45, 2.75) is 58.9 Å². The van der Waals surface area contributed by atoms with E-state index in [0.29, 0.717) is 11.3 Å². The van der Waals surface area contributed by atoms with Gasteiger partial charge in [0.2, 0.25) is 0 Å². The van der Waals surface area contributed by atoms with Crippen LogP contribution in [-0.4, -0.2) is 33.3 Å². The lowest BCUT2D eigenvalue weighted by Gasteiger charge is -2.27. The van der Waals surface area contributed by atoms with Gasteiger partial charge in [0.15, 0.2) is 0 Å². The summed E-state index contributed by atoms with van der Waals surface area (Å²) in [6, 6.07) is 0.184. The third-order valence-corrected chi connectivity index (χ3v) is 4.71. The number of carbonyl (C=O) groups is 2. The maximum atomic E-state index is 12.4. The largest absolute Gasteiger partial charge is 0.481 e. The van der Waals surface area contributed by atoms with Crippen molar-refractivity contribution in [2.75, 3.05) is 6.54 Å². The highest BCUT2D eigenvalue weighted by atomic mass is 16.4. The fraction of sp³-hybridized carbons (Fsp3) is 0.706. The van der Waals surface area contributed by atoms with Crippen molar-refractivity contribution >= 4 is 11.9 Å². The summed E-state index contributed by atoms with van der Waals surface area (Å²) in [5.41, 5.74) is 1.19. The Morgan fingerprint density at radius 2 is 2.00 bits per heavy atom. The lowest BCUT2D eigenvalue weighted by Crippen LogP contribution is -2.37. The van der Waals surface area contributed by atoms with Crippen LogP contribution in [0.3, 0.4) is 0 Å². The Balaban J connectivity index is 1.99. The molecule has 1 aliphatic rings. The van der Waals surface area contributed by atoms with Crippen molar-refractivity contribution in [1.82, 2.24) is 15.1 Å². The van der Waals surface area contributed by atoms with Gasteiger partial charge in [-0.1, -0.05) is 19.3 Å². The molecule has 0 aliphatic heterocycles. The average molecular weight is 321 g/mol. The van der Waals surface area contributed by atoms with Gasteiger partial charge in [-0.3, -0.25) is 14.3 Å². The van der Waals surface area contributed by atoms with Gasteiger partial charge in [0, 0.05) is 18.8 Å². The molecule has 1 unspecified atom stereocenters. The Kier molecular flexibility index (Phi) is 5.80. The first-order valence-corrected chi connectivity index (χ1v) is 8.47. The molecule has 2 rings (SSSR count). The second-order valence-corrected chi connectivity index (χ2v) is 6.75. The zero-order valence-electron chi connectivity index (χ0n) is 14.2. The molecule has 1 saturated carbocycles. The first-order valence-electron chi connectivity index (χ1n) is 8.47. The van der Waals surface area contributed by atoms with Gasteiger partial charge in [0.05, 0.1) is 17.2 Å². The van der Waals surface area contributed by atoms with Crippen molar-refractivity contribution < 1.29 is 14.7 Å². The molecular formula is C17H27N3O3. The van der Waals surface area contributed by atoms with E-state index in [4.69, 9.17) is 0 Å². The Hall–Kier alpha value is -1.85. The number of carbonyl (C=O) groups excluding carboxylic acids is 1. The molecule has 1 aliphatic carbocycles. The summed E-state index contributed by atoms with van der Waals surface area (Å²) in [4.78, 5) is 23.9. The van der Waals surface area contributed by atoms with Crippen LogP contribution in [0.1, 0.15) is 68.0 Å². The van der Waals surface area contributed by atoms with Gasteiger partial charge >= 0.3 is 5.97 Å². The first kappa shape index (κ1) is 17.5. The Morgan fingerprint density at radius 1 is 1.35 bits per heavy atom. The van der Waals surface area contributed by atoms with Crippen LogP contribution in [0.15, 0.2) is 6.20 Å². The third-order valence-electron chi connectivity index (χ3n) is 4.71. The molecule has 0 aromatic carbocycles. The van der Waals surface area contributed by atoms with E-state index in [-0.39, 0.29) is 24.4 Å². The Bertz CT molecular complexity index is 559. The predicted octanol–water partition coefficient (Wildman–Crippen LogP) is 2.78. The number of hydrogen-bond acceptors (Lipinski definition) is 3. The summed E-state index contributed by atoms with van der Waals surface area (Å²) in [6.45, 7) is 5.98. The maximum Gasteiger partial charge on any atom is 0.308 e. The second kappa shape index (κ2) is 7.62. The van der Waals surface area contributed by atoms with Gasteiger partial charge in [0.1, 0.15) is 0 Å². The molecule has 1 aromatic heterocycles. The zero-order valence-corrected chi connectivity index (χ0v) is 14.2. The molecule has 23 heavy (non-hydrogen) atoms. The summed E-state index contributed by atoms with van der Waals surface area (Å²) in [6.07, 6.45) is 6.97. The molecular weight excluding hydrogens is 294 g/mol. The van der Waals surface area contributed by atoms with Gasteiger partial charge in [0.25, 0.3) is 5.91 Å². The maximum absolute atomic E-state index is 12.4. The van der Waals surface area contributed by atoms with Crippen molar-refractivity contribution in [3.8, 4) is 0 Å². The van der Waals surface area contributed by atoms with Crippen LogP contribution in [0, 0.1) is 18.8 Å². The minimum atomic E-state index is -0.813. The highest BCUT2D eigenvalue weighted by molar-refractivity contribution is 5.95. The number of carboxylic acid groups (broad SMARTS) is 1. The van der Waals surface area contributed by atoms with Crippen molar-refractivity contribution in [1.29, 1.82) is 0 Å². The van der Waals surface area contributed by atoms with Crippen LogP contribution < -0.4 is 5.32 Å². The number of rotatable bonds is 6. The molecule has 6 heteroatoms.